The predicted octanol–water partition coefficient (Wildman–Crippen LogP) is 4.86. The highest BCUT2D eigenvalue weighted by molar-refractivity contribution is 4.69. The molecule has 0 atom stereocenters. The molecule has 0 aromatic carbocycles. The molecule has 1 nitrogen and oxygen atoms in total. The van der Waals surface area contributed by atoms with Crippen molar-refractivity contribution in [2.75, 3.05) is 13.1 Å². The summed E-state index contributed by atoms with van der Waals surface area (Å²) in [6, 6.07) is 0. The lowest BCUT2D eigenvalue weighted by Gasteiger charge is -2.25. The molecule has 0 aliphatic heterocycles. The van der Waals surface area contributed by atoms with Gasteiger partial charge in [-0.1, -0.05) is 54.4 Å². The third-order valence-corrected chi connectivity index (χ3v) is 3.39. The highest BCUT2D eigenvalue weighted by Crippen LogP contribution is 2.29. The van der Waals surface area contributed by atoms with Crippen molar-refractivity contribution in [2.24, 2.45) is 17.3 Å². The third kappa shape index (κ3) is 12.2. The highest BCUT2D eigenvalue weighted by atomic mass is 14.8. The van der Waals surface area contributed by atoms with Gasteiger partial charge < -0.3 is 5.32 Å². The van der Waals surface area contributed by atoms with Crippen molar-refractivity contribution in [3.63, 3.8) is 0 Å². The Hall–Kier alpha value is -0.0400. The molecule has 1 heteroatoms. The van der Waals surface area contributed by atoms with E-state index in [-0.39, 0.29) is 0 Å². The summed E-state index contributed by atoms with van der Waals surface area (Å²) in [5.41, 5.74) is 0.536. The summed E-state index contributed by atoms with van der Waals surface area (Å²) in [7, 11) is 0. The van der Waals surface area contributed by atoms with Gasteiger partial charge in [-0.3, -0.25) is 0 Å². The van der Waals surface area contributed by atoms with E-state index in [1.165, 1.54) is 38.6 Å². The van der Waals surface area contributed by atoms with Crippen LogP contribution < -0.4 is 5.32 Å². The van der Waals surface area contributed by atoms with Gasteiger partial charge in [0.25, 0.3) is 0 Å². The Balaban J connectivity index is 3.50. The van der Waals surface area contributed by atoms with Crippen LogP contribution >= 0.6 is 0 Å². The fourth-order valence-electron chi connectivity index (χ4n) is 2.20. The van der Waals surface area contributed by atoms with Crippen LogP contribution in [-0.2, 0) is 0 Å². The zero-order chi connectivity index (χ0) is 13.3. The Labute approximate surface area is 110 Å². The second kappa shape index (κ2) is 8.97. The minimum absolute atomic E-state index is 0.536. The molecule has 0 rings (SSSR count). The van der Waals surface area contributed by atoms with Crippen molar-refractivity contribution < 1.29 is 0 Å². The Morgan fingerprint density at radius 2 is 1.47 bits per heavy atom. The lowest BCUT2D eigenvalue weighted by molar-refractivity contribution is 0.279. The smallest absolute Gasteiger partial charge is 0.00258 e. The fourth-order valence-corrected chi connectivity index (χ4v) is 2.20. The summed E-state index contributed by atoms with van der Waals surface area (Å²) in [4.78, 5) is 0. The molecule has 0 radical (unpaired) electrons. The van der Waals surface area contributed by atoms with E-state index in [9.17, 15) is 0 Å². The molecule has 0 heterocycles. The van der Waals surface area contributed by atoms with Crippen LogP contribution in [-0.4, -0.2) is 13.1 Å². The Bertz CT molecular complexity index is 170. The Morgan fingerprint density at radius 3 is 2.00 bits per heavy atom. The fraction of sp³-hybridized carbons (Fsp3) is 1.00. The maximum Gasteiger partial charge on any atom is -0.00258 e. The second-order valence-electron chi connectivity index (χ2n) is 7.15. The van der Waals surface area contributed by atoms with Gasteiger partial charge in [-0.25, -0.2) is 0 Å². The minimum Gasteiger partial charge on any atom is -0.316 e. The van der Waals surface area contributed by atoms with Crippen LogP contribution in [0.4, 0.5) is 0 Å². The van der Waals surface area contributed by atoms with E-state index in [2.05, 4.69) is 46.9 Å². The van der Waals surface area contributed by atoms with Gasteiger partial charge in [0.15, 0.2) is 0 Å². The molecular weight excluding hydrogens is 206 g/mol. The zero-order valence-electron chi connectivity index (χ0n) is 13.1. The van der Waals surface area contributed by atoms with Crippen LogP contribution in [0.3, 0.4) is 0 Å². The SMILES string of the molecule is CC(C)CCCC(C)(C)CCCNCC(C)C. The first-order valence-corrected chi connectivity index (χ1v) is 7.54. The lowest BCUT2D eigenvalue weighted by atomic mass is 9.82. The molecule has 0 saturated heterocycles. The van der Waals surface area contributed by atoms with Crippen molar-refractivity contribution in [3.8, 4) is 0 Å². The Kier molecular flexibility index (Phi) is 8.94. The molecule has 0 saturated carbocycles. The van der Waals surface area contributed by atoms with Crippen molar-refractivity contribution in [2.45, 2.75) is 73.6 Å². The molecule has 0 aromatic rings. The molecule has 0 aliphatic rings. The van der Waals surface area contributed by atoms with Crippen LogP contribution in [0.25, 0.3) is 0 Å². The number of hydrogen-bond acceptors (Lipinski definition) is 1. The molecule has 0 spiro atoms. The topological polar surface area (TPSA) is 12.0 Å². The monoisotopic (exact) mass is 241 g/mol. The molecule has 17 heavy (non-hydrogen) atoms. The van der Waals surface area contributed by atoms with Crippen LogP contribution in [0, 0.1) is 17.3 Å². The van der Waals surface area contributed by atoms with E-state index in [0.29, 0.717) is 5.41 Å². The average molecular weight is 241 g/mol. The molecule has 1 N–H and O–H groups in total. The first kappa shape index (κ1) is 17.0. The first-order chi connectivity index (χ1) is 7.83. The number of nitrogens with one attached hydrogen (secondary N) is 1. The van der Waals surface area contributed by atoms with E-state index in [1.54, 1.807) is 0 Å². The Morgan fingerprint density at radius 1 is 0.882 bits per heavy atom. The summed E-state index contributed by atoms with van der Waals surface area (Å²) in [6.45, 7) is 16.4. The summed E-state index contributed by atoms with van der Waals surface area (Å²) >= 11 is 0. The standard InChI is InChI=1S/C16H35N/c1-14(2)9-7-10-16(5,6)11-8-12-17-13-15(3)4/h14-15,17H,7-13H2,1-6H3. The van der Waals surface area contributed by atoms with E-state index in [0.717, 1.165) is 18.4 Å². The molecule has 0 fully saturated rings. The van der Waals surface area contributed by atoms with Gasteiger partial charge >= 0.3 is 0 Å². The molecule has 0 amide bonds. The maximum atomic E-state index is 3.53. The van der Waals surface area contributed by atoms with Gasteiger partial charge in [0.1, 0.15) is 0 Å². The van der Waals surface area contributed by atoms with Gasteiger partial charge in [0.2, 0.25) is 0 Å². The normalized spacial score (nSPS) is 12.7. The molecule has 104 valence electrons. The number of hydrogen-bond donors (Lipinski definition) is 1. The summed E-state index contributed by atoms with van der Waals surface area (Å²) in [5.74, 6) is 1.63. The lowest BCUT2D eigenvalue weighted by Crippen LogP contribution is -2.22. The van der Waals surface area contributed by atoms with E-state index in [1.807, 2.05) is 0 Å². The van der Waals surface area contributed by atoms with Gasteiger partial charge in [0.05, 0.1) is 0 Å². The third-order valence-electron chi connectivity index (χ3n) is 3.39. The highest BCUT2D eigenvalue weighted by Gasteiger charge is 2.16. The average Bonchev–Trinajstić information content (AvgIpc) is 2.15. The summed E-state index contributed by atoms with van der Waals surface area (Å²) in [6.07, 6.45) is 6.84. The molecule has 0 aliphatic carbocycles. The van der Waals surface area contributed by atoms with Crippen molar-refractivity contribution in [1.82, 2.24) is 5.32 Å². The second-order valence-corrected chi connectivity index (χ2v) is 7.15. The van der Waals surface area contributed by atoms with Crippen molar-refractivity contribution in [1.29, 1.82) is 0 Å². The van der Waals surface area contributed by atoms with Gasteiger partial charge in [-0.15, -0.1) is 0 Å². The van der Waals surface area contributed by atoms with E-state index < -0.39 is 0 Å². The van der Waals surface area contributed by atoms with Crippen LogP contribution in [0.15, 0.2) is 0 Å². The van der Waals surface area contributed by atoms with Crippen LogP contribution in [0.2, 0.25) is 0 Å². The molecule has 0 bridgehead atoms. The van der Waals surface area contributed by atoms with Gasteiger partial charge in [-0.05, 0) is 49.6 Å². The maximum absolute atomic E-state index is 3.53. The quantitative estimate of drug-likeness (QED) is 0.538. The summed E-state index contributed by atoms with van der Waals surface area (Å²) in [5, 5.41) is 3.53. The minimum atomic E-state index is 0.536. The van der Waals surface area contributed by atoms with Crippen LogP contribution in [0.1, 0.15) is 73.6 Å². The first-order valence-electron chi connectivity index (χ1n) is 7.54. The molecular formula is C16H35N. The predicted molar refractivity (Wildman–Crippen MR) is 79.4 cm³/mol. The van der Waals surface area contributed by atoms with Gasteiger partial charge in [-0.2, -0.15) is 0 Å². The van der Waals surface area contributed by atoms with E-state index in [4.69, 9.17) is 0 Å². The largest absolute Gasteiger partial charge is 0.316 e. The van der Waals surface area contributed by atoms with Crippen molar-refractivity contribution in [3.05, 3.63) is 0 Å². The van der Waals surface area contributed by atoms with Crippen molar-refractivity contribution >= 4 is 0 Å². The molecule has 0 aromatic heterocycles. The van der Waals surface area contributed by atoms with Gasteiger partial charge in [0, 0.05) is 0 Å². The molecule has 0 unspecified atom stereocenters. The number of rotatable bonds is 10. The van der Waals surface area contributed by atoms with E-state index >= 15 is 0 Å². The zero-order valence-corrected chi connectivity index (χ0v) is 13.1. The summed E-state index contributed by atoms with van der Waals surface area (Å²) < 4.78 is 0. The van der Waals surface area contributed by atoms with Crippen LogP contribution in [0.5, 0.6) is 0 Å².